The molecule has 0 saturated carbocycles. The summed E-state index contributed by atoms with van der Waals surface area (Å²) in [6.45, 7) is 6.51. The Morgan fingerprint density at radius 1 is 1.42 bits per heavy atom. The van der Waals surface area contributed by atoms with Crippen LogP contribution in [0, 0.1) is 5.92 Å². The van der Waals surface area contributed by atoms with Crippen molar-refractivity contribution in [2.24, 2.45) is 11.7 Å². The topological polar surface area (TPSA) is 61.6 Å². The van der Waals surface area contributed by atoms with Crippen molar-refractivity contribution in [3.05, 3.63) is 0 Å². The monoisotopic (exact) mass is 270 g/mol. The second-order valence-electron chi connectivity index (χ2n) is 5.79. The van der Waals surface area contributed by atoms with Crippen LogP contribution in [0.25, 0.3) is 0 Å². The van der Waals surface area contributed by atoms with Gasteiger partial charge in [-0.15, -0.1) is 0 Å². The van der Waals surface area contributed by atoms with E-state index in [1.165, 1.54) is 12.8 Å². The SMILES string of the molecule is CCNC(=O)CC(CN)N1CCC(CN(C)C)CC1. The molecule has 19 heavy (non-hydrogen) atoms. The predicted molar refractivity (Wildman–Crippen MR) is 79.0 cm³/mol. The minimum atomic E-state index is 0.119. The van der Waals surface area contributed by atoms with Crippen molar-refractivity contribution < 1.29 is 4.79 Å². The van der Waals surface area contributed by atoms with E-state index in [1.54, 1.807) is 0 Å². The van der Waals surface area contributed by atoms with E-state index in [-0.39, 0.29) is 11.9 Å². The number of rotatable bonds is 7. The van der Waals surface area contributed by atoms with E-state index < -0.39 is 0 Å². The van der Waals surface area contributed by atoms with Crippen molar-refractivity contribution in [2.45, 2.75) is 32.2 Å². The number of nitrogens with zero attached hydrogens (tertiary/aromatic N) is 2. The molecule has 0 aromatic rings. The number of nitrogens with one attached hydrogen (secondary N) is 1. The van der Waals surface area contributed by atoms with Gasteiger partial charge in [0.25, 0.3) is 0 Å². The van der Waals surface area contributed by atoms with Gasteiger partial charge in [0.2, 0.25) is 5.91 Å². The van der Waals surface area contributed by atoms with E-state index >= 15 is 0 Å². The molecule has 0 aromatic carbocycles. The Labute approximate surface area is 117 Å². The number of amides is 1. The number of hydrogen-bond donors (Lipinski definition) is 2. The zero-order chi connectivity index (χ0) is 14.3. The predicted octanol–water partition coefficient (Wildman–Crippen LogP) is 0.114. The highest BCUT2D eigenvalue weighted by atomic mass is 16.1. The molecule has 1 atom stereocenters. The van der Waals surface area contributed by atoms with E-state index in [0.29, 0.717) is 19.5 Å². The minimum absolute atomic E-state index is 0.119. The summed E-state index contributed by atoms with van der Waals surface area (Å²) in [4.78, 5) is 16.3. The molecule has 0 aromatic heterocycles. The first-order valence-electron chi connectivity index (χ1n) is 7.42. The summed E-state index contributed by atoms with van der Waals surface area (Å²) < 4.78 is 0. The molecule has 1 fully saturated rings. The van der Waals surface area contributed by atoms with Gasteiger partial charge in [-0.25, -0.2) is 0 Å². The molecule has 5 heteroatoms. The van der Waals surface area contributed by atoms with Crippen LogP contribution >= 0.6 is 0 Å². The minimum Gasteiger partial charge on any atom is -0.356 e. The molecule has 1 amide bonds. The molecular weight excluding hydrogens is 240 g/mol. The Bertz CT molecular complexity index is 262. The zero-order valence-electron chi connectivity index (χ0n) is 12.7. The highest BCUT2D eigenvalue weighted by Crippen LogP contribution is 2.20. The number of piperidine rings is 1. The van der Waals surface area contributed by atoms with Crippen LogP contribution in [0.1, 0.15) is 26.2 Å². The maximum Gasteiger partial charge on any atom is 0.221 e. The van der Waals surface area contributed by atoms with Gasteiger partial charge in [-0.05, 0) is 52.9 Å². The molecule has 3 N–H and O–H groups in total. The molecule has 1 aliphatic rings. The van der Waals surface area contributed by atoms with E-state index in [0.717, 1.165) is 25.6 Å². The number of nitrogens with two attached hydrogens (primary N) is 1. The number of likely N-dealkylation sites (tertiary alicyclic amines) is 1. The quantitative estimate of drug-likeness (QED) is 0.689. The third-order valence-corrected chi connectivity index (χ3v) is 3.86. The summed E-state index contributed by atoms with van der Waals surface area (Å²) in [5.41, 5.74) is 5.83. The molecule has 0 aliphatic carbocycles. The molecule has 1 heterocycles. The zero-order valence-corrected chi connectivity index (χ0v) is 12.7. The fourth-order valence-corrected chi connectivity index (χ4v) is 2.86. The van der Waals surface area contributed by atoms with Gasteiger partial charge in [0.15, 0.2) is 0 Å². The van der Waals surface area contributed by atoms with Gasteiger partial charge in [-0.1, -0.05) is 0 Å². The second kappa shape index (κ2) is 8.51. The van der Waals surface area contributed by atoms with Crippen molar-refractivity contribution in [3.8, 4) is 0 Å². The molecule has 0 radical (unpaired) electrons. The van der Waals surface area contributed by atoms with Gasteiger partial charge >= 0.3 is 0 Å². The molecule has 0 spiro atoms. The van der Waals surface area contributed by atoms with Crippen molar-refractivity contribution in [3.63, 3.8) is 0 Å². The maximum absolute atomic E-state index is 11.7. The molecule has 1 rings (SSSR count). The second-order valence-corrected chi connectivity index (χ2v) is 5.79. The normalized spacial score (nSPS) is 19.6. The smallest absolute Gasteiger partial charge is 0.221 e. The van der Waals surface area contributed by atoms with Crippen LogP contribution in [-0.4, -0.2) is 68.6 Å². The van der Waals surface area contributed by atoms with Crippen molar-refractivity contribution in [1.82, 2.24) is 15.1 Å². The van der Waals surface area contributed by atoms with Gasteiger partial charge in [-0.2, -0.15) is 0 Å². The fraction of sp³-hybridized carbons (Fsp3) is 0.929. The van der Waals surface area contributed by atoms with Crippen LogP contribution in [0.5, 0.6) is 0 Å². The summed E-state index contributed by atoms with van der Waals surface area (Å²) in [5, 5.41) is 2.86. The van der Waals surface area contributed by atoms with Crippen LogP contribution in [0.3, 0.4) is 0 Å². The summed E-state index contributed by atoms with van der Waals surface area (Å²) in [6, 6.07) is 0.201. The Morgan fingerprint density at radius 2 is 2.05 bits per heavy atom. The maximum atomic E-state index is 11.7. The number of carbonyl (C=O) groups is 1. The van der Waals surface area contributed by atoms with Gasteiger partial charge in [0.1, 0.15) is 0 Å². The number of carbonyl (C=O) groups excluding carboxylic acids is 1. The van der Waals surface area contributed by atoms with Gasteiger partial charge in [0, 0.05) is 32.1 Å². The Hall–Kier alpha value is -0.650. The Balaban J connectivity index is 2.36. The lowest BCUT2D eigenvalue weighted by atomic mass is 9.94. The first-order valence-corrected chi connectivity index (χ1v) is 7.42. The Kier molecular flexibility index (Phi) is 7.34. The van der Waals surface area contributed by atoms with Gasteiger partial charge in [0.05, 0.1) is 0 Å². The summed E-state index contributed by atoms with van der Waals surface area (Å²) in [5.74, 6) is 0.905. The van der Waals surface area contributed by atoms with Gasteiger partial charge in [-0.3, -0.25) is 9.69 Å². The average Bonchev–Trinajstić information content (AvgIpc) is 2.37. The standard InChI is InChI=1S/C14H30N4O/c1-4-16-14(19)9-13(10-15)18-7-5-12(6-8-18)11-17(2)3/h12-13H,4-11,15H2,1-3H3,(H,16,19). The van der Waals surface area contributed by atoms with Crippen molar-refractivity contribution in [2.75, 3.05) is 46.8 Å². The number of hydrogen-bond acceptors (Lipinski definition) is 4. The summed E-state index contributed by atoms with van der Waals surface area (Å²) in [7, 11) is 4.26. The van der Waals surface area contributed by atoms with Crippen molar-refractivity contribution >= 4 is 5.91 Å². The lowest BCUT2D eigenvalue weighted by Gasteiger charge is -2.37. The average molecular weight is 270 g/mol. The Morgan fingerprint density at radius 3 is 2.53 bits per heavy atom. The van der Waals surface area contributed by atoms with E-state index in [4.69, 9.17) is 5.73 Å². The molecular formula is C14H30N4O. The molecule has 112 valence electrons. The summed E-state index contributed by atoms with van der Waals surface area (Å²) in [6.07, 6.45) is 2.96. The highest BCUT2D eigenvalue weighted by molar-refractivity contribution is 5.76. The summed E-state index contributed by atoms with van der Waals surface area (Å²) >= 11 is 0. The molecule has 1 saturated heterocycles. The lowest BCUT2D eigenvalue weighted by molar-refractivity contribution is -0.122. The van der Waals surface area contributed by atoms with E-state index in [9.17, 15) is 4.79 Å². The third kappa shape index (κ3) is 5.89. The van der Waals surface area contributed by atoms with E-state index in [2.05, 4.69) is 29.2 Å². The van der Waals surface area contributed by atoms with Crippen molar-refractivity contribution in [1.29, 1.82) is 0 Å². The van der Waals surface area contributed by atoms with Crippen LogP contribution < -0.4 is 11.1 Å². The van der Waals surface area contributed by atoms with Crippen LogP contribution in [0.15, 0.2) is 0 Å². The van der Waals surface area contributed by atoms with Crippen LogP contribution in [-0.2, 0) is 4.79 Å². The largest absolute Gasteiger partial charge is 0.356 e. The molecule has 1 unspecified atom stereocenters. The first-order chi connectivity index (χ1) is 9.06. The van der Waals surface area contributed by atoms with Crippen LogP contribution in [0.4, 0.5) is 0 Å². The van der Waals surface area contributed by atoms with Gasteiger partial charge < -0.3 is 16.0 Å². The molecule has 1 aliphatic heterocycles. The molecule has 0 bridgehead atoms. The van der Waals surface area contributed by atoms with E-state index in [1.807, 2.05) is 6.92 Å². The lowest BCUT2D eigenvalue weighted by Crippen LogP contribution is -2.48. The fourth-order valence-electron chi connectivity index (χ4n) is 2.86. The highest BCUT2D eigenvalue weighted by Gasteiger charge is 2.25. The first kappa shape index (κ1) is 16.4. The molecule has 5 nitrogen and oxygen atoms in total. The third-order valence-electron chi connectivity index (χ3n) is 3.86. The van der Waals surface area contributed by atoms with Crippen LogP contribution in [0.2, 0.25) is 0 Å².